The molecule has 0 radical (unpaired) electrons. The minimum Gasteiger partial charge on any atom is -0.399 e. The van der Waals surface area contributed by atoms with E-state index < -0.39 is 5.82 Å². The molecule has 0 spiro atoms. The first-order valence-electron chi connectivity index (χ1n) is 6.18. The van der Waals surface area contributed by atoms with Gasteiger partial charge in [-0.15, -0.1) is 0 Å². The Hall–Kier alpha value is -1.84. The Kier molecular flexibility index (Phi) is 3.97. The molecule has 1 aliphatic carbocycles. The van der Waals surface area contributed by atoms with Crippen LogP contribution in [0.15, 0.2) is 29.8 Å². The third kappa shape index (κ3) is 3.09. The number of anilines is 1. The van der Waals surface area contributed by atoms with Crippen LogP contribution in [0.2, 0.25) is 0 Å². The maximum Gasteiger partial charge on any atom is 0.254 e. The lowest BCUT2D eigenvalue weighted by atomic mass is 10.1. The summed E-state index contributed by atoms with van der Waals surface area (Å²) in [6, 6.07) is 4.10. The van der Waals surface area contributed by atoms with E-state index in [2.05, 4.69) is 11.4 Å². The number of benzene rings is 1. The second-order valence-corrected chi connectivity index (χ2v) is 4.50. The van der Waals surface area contributed by atoms with E-state index >= 15 is 0 Å². The van der Waals surface area contributed by atoms with E-state index in [1.807, 2.05) is 0 Å². The van der Waals surface area contributed by atoms with Crippen molar-refractivity contribution in [2.75, 3.05) is 12.3 Å². The molecule has 0 bridgehead atoms. The summed E-state index contributed by atoms with van der Waals surface area (Å²) in [5, 5.41) is 2.73. The molecule has 0 unspecified atom stereocenters. The molecule has 96 valence electrons. The predicted octanol–water partition coefficient (Wildman–Crippen LogP) is 2.64. The second-order valence-electron chi connectivity index (χ2n) is 4.50. The standard InChI is InChI=1S/C14H17FN2O/c15-13-9-11(16)5-6-12(13)14(18)17-8-7-10-3-1-2-4-10/h3,5-6,9H,1-2,4,7-8,16H2,(H,17,18). The van der Waals surface area contributed by atoms with Crippen LogP contribution in [0.5, 0.6) is 0 Å². The molecule has 4 heteroatoms. The minimum absolute atomic E-state index is 0.0459. The van der Waals surface area contributed by atoms with Gasteiger partial charge in [0.15, 0.2) is 0 Å². The lowest BCUT2D eigenvalue weighted by Gasteiger charge is -2.07. The molecule has 0 saturated carbocycles. The van der Waals surface area contributed by atoms with E-state index in [-0.39, 0.29) is 11.5 Å². The zero-order chi connectivity index (χ0) is 13.0. The maximum atomic E-state index is 13.5. The average Bonchev–Trinajstić information content (AvgIpc) is 2.81. The normalized spacial score (nSPS) is 14.4. The van der Waals surface area contributed by atoms with Crippen LogP contribution in [-0.2, 0) is 0 Å². The van der Waals surface area contributed by atoms with Crippen LogP contribution in [0, 0.1) is 5.82 Å². The van der Waals surface area contributed by atoms with Gasteiger partial charge in [-0.05, 0) is 43.9 Å². The topological polar surface area (TPSA) is 55.1 Å². The lowest BCUT2D eigenvalue weighted by Crippen LogP contribution is -2.25. The number of carbonyl (C=O) groups excluding carboxylic acids is 1. The van der Waals surface area contributed by atoms with Gasteiger partial charge < -0.3 is 11.1 Å². The fourth-order valence-electron chi connectivity index (χ4n) is 2.11. The molecule has 1 aromatic carbocycles. The highest BCUT2D eigenvalue weighted by atomic mass is 19.1. The molecular weight excluding hydrogens is 231 g/mol. The Morgan fingerprint density at radius 3 is 2.94 bits per heavy atom. The van der Waals surface area contributed by atoms with E-state index in [1.54, 1.807) is 0 Å². The van der Waals surface area contributed by atoms with Crippen molar-refractivity contribution in [2.45, 2.75) is 25.7 Å². The molecule has 18 heavy (non-hydrogen) atoms. The van der Waals surface area contributed by atoms with Crippen molar-refractivity contribution in [3.63, 3.8) is 0 Å². The quantitative estimate of drug-likeness (QED) is 0.635. The van der Waals surface area contributed by atoms with Gasteiger partial charge in [-0.2, -0.15) is 0 Å². The summed E-state index contributed by atoms with van der Waals surface area (Å²) in [7, 11) is 0. The van der Waals surface area contributed by atoms with Gasteiger partial charge >= 0.3 is 0 Å². The monoisotopic (exact) mass is 248 g/mol. The largest absolute Gasteiger partial charge is 0.399 e. The molecule has 1 aromatic rings. The van der Waals surface area contributed by atoms with Crippen molar-refractivity contribution in [3.05, 3.63) is 41.2 Å². The summed E-state index contributed by atoms with van der Waals surface area (Å²) in [5.74, 6) is -0.960. The Bertz CT molecular complexity index is 483. The third-order valence-electron chi connectivity index (χ3n) is 3.10. The van der Waals surface area contributed by atoms with Gasteiger partial charge in [-0.3, -0.25) is 4.79 Å². The van der Waals surface area contributed by atoms with Crippen LogP contribution in [0.3, 0.4) is 0 Å². The van der Waals surface area contributed by atoms with Gasteiger partial charge in [0.2, 0.25) is 0 Å². The summed E-state index contributed by atoms with van der Waals surface area (Å²) >= 11 is 0. The fourth-order valence-corrected chi connectivity index (χ4v) is 2.11. The first-order chi connectivity index (χ1) is 8.66. The Balaban J connectivity index is 1.87. The van der Waals surface area contributed by atoms with Gasteiger partial charge in [0.1, 0.15) is 5.82 Å². The third-order valence-corrected chi connectivity index (χ3v) is 3.10. The van der Waals surface area contributed by atoms with E-state index in [0.29, 0.717) is 12.2 Å². The first kappa shape index (κ1) is 12.6. The molecule has 0 fully saturated rings. The van der Waals surface area contributed by atoms with Crippen molar-refractivity contribution in [2.24, 2.45) is 0 Å². The molecule has 3 nitrogen and oxygen atoms in total. The molecule has 1 amide bonds. The first-order valence-corrected chi connectivity index (χ1v) is 6.18. The maximum absolute atomic E-state index is 13.5. The van der Waals surface area contributed by atoms with Crippen LogP contribution in [0.1, 0.15) is 36.0 Å². The zero-order valence-corrected chi connectivity index (χ0v) is 10.2. The number of rotatable bonds is 4. The Morgan fingerprint density at radius 1 is 1.44 bits per heavy atom. The molecule has 0 heterocycles. The van der Waals surface area contributed by atoms with Gasteiger partial charge in [0, 0.05) is 12.2 Å². The molecular formula is C14H17FN2O. The van der Waals surface area contributed by atoms with E-state index in [1.165, 1.54) is 24.1 Å². The molecule has 0 saturated heterocycles. The van der Waals surface area contributed by atoms with E-state index in [0.717, 1.165) is 25.3 Å². The molecule has 0 aliphatic heterocycles. The lowest BCUT2D eigenvalue weighted by molar-refractivity contribution is 0.0950. The summed E-state index contributed by atoms with van der Waals surface area (Å²) in [5.41, 5.74) is 7.18. The van der Waals surface area contributed by atoms with Crippen molar-refractivity contribution in [3.8, 4) is 0 Å². The van der Waals surface area contributed by atoms with Crippen molar-refractivity contribution in [1.29, 1.82) is 0 Å². The summed E-state index contributed by atoms with van der Waals surface area (Å²) < 4.78 is 13.5. The van der Waals surface area contributed by atoms with E-state index in [9.17, 15) is 9.18 Å². The number of nitrogens with one attached hydrogen (secondary N) is 1. The summed E-state index contributed by atoms with van der Waals surface area (Å²) in [6.07, 6.45) is 6.52. The SMILES string of the molecule is Nc1ccc(C(=O)NCCC2=CCCC2)c(F)c1. The summed E-state index contributed by atoms with van der Waals surface area (Å²) in [4.78, 5) is 11.7. The number of hydrogen-bond acceptors (Lipinski definition) is 2. The van der Waals surface area contributed by atoms with Crippen LogP contribution in [-0.4, -0.2) is 12.5 Å². The number of nitrogens with two attached hydrogens (primary N) is 1. The molecule has 1 aliphatic rings. The van der Waals surface area contributed by atoms with Crippen LogP contribution in [0.4, 0.5) is 10.1 Å². The number of halogens is 1. The van der Waals surface area contributed by atoms with Crippen molar-refractivity contribution < 1.29 is 9.18 Å². The highest BCUT2D eigenvalue weighted by molar-refractivity contribution is 5.94. The molecule has 0 aromatic heterocycles. The number of nitrogen functional groups attached to an aromatic ring is 1. The highest BCUT2D eigenvalue weighted by Crippen LogP contribution is 2.19. The smallest absolute Gasteiger partial charge is 0.254 e. The molecule has 0 atom stereocenters. The number of allylic oxidation sites excluding steroid dienone is 1. The van der Waals surface area contributed by atoms with Crippen LogP contribution >= 0.6 is 0 Å². The van der Waals surface area contributed by atoms with Crippen molar-refractivity contribution in [1.82, 2.24) is 5.32 Å². The summed E-state index contributed by atoms with van der Waals surface area (Å²) in [6.45, 7) is 0.550. The predicted molar refractivity (Wildman–Crippen MR) is 69.7 cm³/mol. The Morgan fingerprint density at radius 2 is 2.28 bits per heavy atom. The van der Waals surface area contributed by atoms with Gasteiger partial charge in [0.05, 0.1) is 5.56 Å². The number of amides is 1. The van der Waals surface area contributed by atoms with Crippen molar-refractivity contribution >= 4 is 11.6 Å². The highest BCUT2D eigenvalue weighted by Gasteiger charge is 2.11. The fraction of sp³-hybridized carbons (Fsp3) is 0.357. The molecule has 2 rings (SSSR count). The second kappa shape index (κ2) is 5.67. The minimum atomic E-state index is -0.576. The number of carbonyl (C=O) groups is 1. The van der Waals surface area contributed by atoms with Gasteiger partial charge in [-0.1, -0.05) is 11.6 Å². The van der Waals surface area contributed by atoms with Crippen LogP contribution < -0.4 is 11.1 Å². The van der Waals surface area contributed by atoms with E-state index in [4.69, 9.17) is 5.73 Å². The van der Waals surface area contributed by atoms with Gasteiger partial charge in [0.25, 0.3) is 5.91 Å². The Labute approximate surface area is 106 Å². The number of hydrogen-bond donors (Lipinski definition) is 2. The molecule has 3 N–H and O–H groups in total. The average molecular weight is 248 g/mol. The van der Waals surface area contributed by atoms with Gasteiger partial charge in [-0.25, -0.2) is 4.39 Å². The van der Waals surface area contributed by atoms with Crippen LogP contribution in [0.25, 0.3) is 0 Å². The zero-order valence-electron chi connectivity index (χ0n) is 10.2.